The molecule has 0 heterocycles. The zero-order valence-corrected chi connectivity index (χ0v) is 28.5. The molecule has 0 fully saturated rings. The number of carbonyl (C=O) groups excluding carboxylic acids is 4. The van der Waals surface area contributed by atoms with Crippen molar-refractivity contribution >= 4 is 41.9 Å². The monoisotopic (exact) mass is 644 g/mol. The Balaban J connectivity index is 0. The van der Waals surface area contributed by atoms with Gasteiger partial charge in [-0.25, -0.2) is 0 Å². The predicted molar refractivity (Wildman–Crippen MR) is 153 cm³/mol. The van der Waals surface area contributed by atoms with E-state index in [-0.39, 0.29) is 92.3 Å². The van der Waals surface area contributed by atoms with Gasteiger partial charge in [-0.1, -0.05) is 33.6 Å². The fraction of sp³-hybridized carbons (Fsp3) is 0.828. The number of hydrogen-bond donors (Lipinski definition) is 3. The van der Waals surface area contributed by atoms with Crippen LogP contribution in [0.5, 0.6) is 0 Å². The van der Waals surface area contributed by atoms with E-state index in [4.69, 9.17) is 17.7 Å². The third kappa shape index (κ3) is 21.7. The smallest absolute Gasteiger partial charge is 0.303 e. The summed E-state index contributed by atoms with van der Waals surface area (Å²) in [6.45, 7) is 8.43. The van der Waals surface area contributed by atoms with Crippen molar-refractivity contribution in [1.29, 1.82) is 0 Å². The molecule has 0 aliphatic rings. The number of nitrogens with one attached hydrogen (secondary N) is 2. The van der Waals surface area contributed by atoms with Crippen LogP contribution < -0.4 is 10.6 Å². The molecular weight excluding hydrogens is 593 g/mol. The van der Waals surface area contributed by atoms with E-state index in [1.54, 1.807) is 0 Å². The molecule has 0 aromatic rings. The second-order valence-corrected chi connectivity index (χ2v) is 12.0. The second-order valence-electron chi connectivity index (χ2n) is 11.6. The van der Waals surface area contributed by atoms with Gasteiger partial charge in [0, 0.05) is 70.2 Å². The fourth-order valence-electron chi connectivity index (χ4n) is 4.53. The molecule has 39 heavy (non-hydrogen) atoms. The summed E-state index contributed by atoms with van der Waals surface area (Å²) in [6, 6.07) is -0.429. The molecule has 0 bridgehead atoms. The first-order valence-electron chi connectivity index (χ1n) is 14.1. The molecule has 3 atom stereocenters. The zero-order chi connectivity index (χ0) is 29.1. The predicted octanol–water partition coefficient (Wildman–Crippen LogP) is 4.40. The Morgan fingerprint density at radius 1 is 0.821 bits per heavy atom. The Hall–Kier alpha value is -0.636. The number of carbonyl (C=O) groups is 5. The maximum absolute atomic E-state index is 12.9. The first kappa shape index (κ1) is 40.5. The van der Waals surface area contributed by atoms with Gasteiger partial charge in [-0.2, -0.15) is 5.75 Å². The summed E-state index contributed by atoms with van der Waals surface area (Å²) in [5.74, 6) is -1.86. The number of carboxylic acids is 1. The number of amides is 1. The van der Waals surface area contributed by atoms with Gasteiger partial charge in [0.25, 0.3) is 0 Å². The van der Waals surface area contributed by atoms with E-state index in [0.29, 0.717) is 38.5 Å². The maximum Gasteiger partial charge on any atom is 0.303 e. The van der Waals surface area contributed by atoms with Crippen LogP contribution in [-0.2, 0) is 69.3 Å². The summed E-state index contributed by atoms with van der Waals surface area (Å²) in [5.41, 5.74) is -0.122. The third-order valence-corrected chi connectivity index (χ3v) is 7.10. The molecular formula is C29H51N2O6SY-. The van der Waals surface area contributed by atoms with Crippen LogP contribution in [0.4, 0.5) is 0 Å². The first-order valence-corrected chi connectivity index (χ1v) is 14.7. The van der Waals surface area contributed by atoms with Crippen LogP contribution >= 0.6 is 0 Å². The van der Waals surface area contributed by atoms with Crippen molar-refractivity contribution in [2.24, 2.45) is 17.3 Å². The second kappa shape index (κ2) is 23.0. The standard InChI is InChI=1S/C29H52N2O6S.Y/c1-21(32)24(12-10-11-17-30-5)31-27(35)14-9-7-6-8-13-25(33)23(20-38)18-26(34)22(15-16-28(36)37)19-29(2,3)4;/h22-24,30,38H,6-20H2,1-5H3,(H,31,35)(H,36,37);/p-1. The minimum Gasteiger partial charge on any atom is -0.792 e. The molecule has 3 unspecified atom stereocenters. The summed E-state index contributed by atoms with van der Waals surface area (Å²) in [7, 11) is 1.88. The summed E-state index contributed by atoms with van der Waals surface area (Å²) in [4.78, 5) is 60.7. The number of carboxylic acid groups (broad SMARTS) is 1. The van der Waals surface area contributed by atoms with Crippen LogP contribution in [0.15, 0.2) is 0 Å². The molecule has 1 radical (unpaired) electrons. The molecule has 8 nitrogen and oxygen atoms in total. The van der Waals surface area contributed by atoms with Gasteiger partial charge < -0.3 is 28.4 Å². The Morgan fingerprint density at radius 3 is 1.95 bits per heavy atom. The molecule has 0 aromatic carbocycles. The molecule has 0 aromatic heterocycles. The minimum absolute atomic E-state index is 0. The van der Waals surface area contributed by atoms with Crippen LogP contribution in [0.1, 0.15) is 111 Å². The molecule has 0 saturated carbocycles. The molecule has 0 aliphatic carbocycles. The average molecular weight is 645 g/mol. The van der Waals surface area contributed by atoms with Crippen LogP contribution in [0.2, 0.25) is 0 Å². The topological polar surface area (TPSA) is 130 Å². The minimum atomic E-state index is -0.927. The molecule has 223 valence electrons. The van der Waals surface area contributed by atoms with E-state index < -0.39 is 17.9 Å². The van der Waals surface area contributed by atoms with Gasteiger partial charge in [0.15, 0.2) is 5.78 Å². The summed E-state index contributed by atoms with van der Waals surface area (Å²) in [5, 5.41) is 14.9. The van der Waals surface area contributed by atoms with Crippen LogP contribution in [-0.4, -0.2) is 59.7 Å². The number of Topliss-reactive ketones (excluding diaryl/α,β-unsaturated/α-hetero) is 3. The summed E-state index contributed by atoms with van der Waals surface area (Å²) >= 11 is 5.17. The Bertz CT molecular complexity index is 757. The van der Waals surface area contributed by atoms with Gasteiger partial charge in [0.05, 0.1) is 6.04 Å². The maximum atomic E-state index is 12.9. The summed E-state index contributed by atoms with van der Waals surface area (Å²) < 4.78 is 0. The molecule has 3 N–H and O–H groups in total. The first-order chi connectivity index (χ1) is 17.8. The van der Waals surface area contributed by atoms with E-state index in [0.717, 1.165) is 32.2 Å². The molecule has 0 spiro atoms. The van der Waals surface area contributed by atoms with E-state index in [9.17, 15) is 24.0 Å². The van der Waals surface area contributed by atoms with E-state index in [1.807, 2.05) is 27.8 Å². The van der Waals surface area contributed by atoms with Gasteiger partial charge in [-0.3, -0.25) is 24.0 Å². The summed E-state index contributed by atoms with van der Waals surface area (Å²) in [6.07, 6.45) is 6.99. The number of aliphatic carboxylic acids is 1. The normalized spacial score (nSPS) is 13.6. The quantitative estimate of drug-likeness (QED) is 0.110. The van der Waals surface area contributed by atoms with Crippen molar-refractivity contribution in [3.05, 3.63) is 0 Å². The largest absolute Gasteiger partial charge is 0.792 e. The number of rotatable bonds is 23. The molecule has 10 heteroatoms. The van der Waals surface area contributed by atoms with Crippen LogP contribution in [0.3, 0.4) is 0 Å². The Morgan fingerprint density at radius 2 is 1.44 bits per heavy atom. The Kier molecular flexibility index (Phi) is 23.9. The van der Waals surface area contributed by atoms with Gasteiger partial charge in [-0.15, -0.1) is 0 Å². The molecule has 1 amide bonds. The third-order valence-electron chi connectivity index (χ3n) is 6.70. The van der Waals surface area contributed by atoms with Crippen LogP contribution in [0.25, 0.3) is 0 Å². The zero-order valence-electron chi connectivity index (χ0n) is 24.8. The molecule has 0 rings (SSSR count). The van der Waals surface area contributed by atoms with Crippen molar-refractivity contribution in [3.8, 4) is 0 Å². The van der Waals surface area contributed by atoms with Gasteiger partial charge >= 0.3 is 5.97 Å². The average Bonchev–Trinajstić information content (AvgIpc) is 2.82. The van der Waals surface area contributed by atoms with Crippen molar-refractivity contribution in [2.75, 3.05) is 19.3 Å². The molecule has 0 aliphatic heterocycles. The van der Waals surface area contributed by atoms with E-state index >= 15 is 0 Å². The van der Waals surface area contributed by atoms with E-state index in [1.165, 1.54) is 6.92 Å². The fourth-order valence-corrected chi connectivity index (χ4v) is 4.83. The van der Waals surface area contributed by atoms with Crippen molar-refractivity contribution in [2.45, 2.75) is 117 Å². The van der Waals surface area contributed by atoms with Crippen LogP contribution in [0, 0.1) is 17.3 Å². The SMILES string of the molecule is CNCCCCC(NC(=O)CCCCCCC(=O)C(C[S-])CC(=O)C(CCC(=O)O)CC(C)(C)C)C(C)=O.[Y]. The van der Waals surface area contributed by atoms with Gasteiger partial charge in [0.1, 0.15) is 11.6 Å². The van der Waals surface area contributed by atoms with Crippen molar-refractivity contribution < 1.29 is 61.8 Å². The Labute approximate surface area is 266 Å². The number of hydrogen-bond acceptors (Lipinski definition) is 7. The number of unbranched alkanes of at least 4 members (excludes halogenated alkanes) is 4. The van der Waals surface area contributed by atoms with Gasteiger partial charge in [-0.05, 0) is 70.9 Å². The van der Waals surface area contributed by atoms with E-state index in [2.05, 4.69) is 10.6 Å². The van der Waals surface area contributed by atoms with Gasteiger partial charge in [0.2, 0.25) is 5.91 Å². The van der Waals surface area contributed by atoms with Crippen molar-refractivity contribution in [3.63, 3.8) is 0 Å². The molecule has 0 saturated heterocycles. The number of ketones is 3. The van der Waals surface area contributed by atoms with Crippen molar-refractivity contribution in [1.82, 2.24) is 10.6 Å².